The summed E-state index contributed by atoms with van der Waals surface area (Å²) in [5.41, 5.74) is 5.78. The van der Waals surface area contributed by atoms with Gasteiger partial charge in [-0.3, -0.25) is 0 Å². The Hall–Kier alpha value is -0.770. The van der Waals surface area contributed by atoms with Crippen molar-refractivity contribution >= 4 is 6.09 Å². The van der Waals surface area contributed by atoms with Crippen LogP contribution in [0.1, 0.15) is 45.4 Å². The van der Waals surface area contributed by atoms with Gasteiger partial charge in [-0.1, -0.05) is 32.1 Å². The van der Waals surface area contributed by atoms with Gasteiger partial charge in [0.05, 0.1) is 0 Å². The molecule has 1 amide bonds. The van der Waals surface area contributed by atoms with Crippen molar-refractivity contribution in [2.75, 3.05) is 0 Å². The summed E-state index contributed by atoms with van der Waals surface area (Å²) in [6, 6.07) is -0.200. The van der Waals surface area contributed by atoms with Gasteiger partial charge in [-0.2, -0.15) is 0 Å². The highest BCUT2D eigenvalue weighted by Gasteiger charge is 2.22. The summed E-state index contributed by atoms with van der Waals surface area (Å²) < 4.78 is 0. The van der Waals surface area contributed by atoms with E-state index in [1.165, 1.54) is 32.1 Å². The Labute approximate surface area is 91.2 Å². The third-order valence-electron chi connectivity index (χ3n) is 3.26. The lowest BCUT2D eigenvalue weighted by molar-refractivity contribution is 0.182. The molecule has 0 radical (unpaired) electrons. The first-order valence-electron chi connectivity index (χ1n) is 5.84. The Morgan fingerprint density at radius 3 is 2.53 bits per heavy atom. The van der Waals surface area contributed by atoms with E-state index in [0.717, 1.165) is 6.42 Å². The molecule has 4 N–H and O–H groups in total. The molecule has 0 heterocycles. The van der Waals surface area contributed by atoms with Crippen molar-refractivity contribution in [3.05, 3.63) is 0 Å². The second-order valence-electron chi connectivity index (χ2n) is 4.65. The van der Waals surface area contributed by atoms with E-state index in [-0.39, 0.29) is 12.1 Å². The van der Waals surface area contributed by atoms with Crippen LogP contribution in [0.5, 0.6) is 0 Å². The number of carbonyl (C=O) groups is 1. The van der Waals surface area contributed by atoms with Crippen LogP contribution in [0.25, 0.3) is 0 Å². The van der Waals surface area contributed by atoms with Crippen molar-refractivity contribution in [3.63, 3.8) is 0 Å². The maximum Gasteiger partial charge on any atom is 0.404 e. The van der Waals surface area contributed by atoms with Crippen LogP contribution in [0.2, 0.25) is 0 Å². The van der Waals surface area contributed by atoms with Crippen LogP contribution in [0.15, 0.2) is 0 Å². The van der Waals surface area contributed by atoms with Gasteiger partial charge in [0.15, 0.2) is 0 Å². The molecule has 0 aromatic heterocycles. The highest BCUT2D eigenvalue weighted by Crippen LogP contribution is 2.27. The van der Waals surface area contributed by atoms with Crippen LogP contribution >= 0.6 is 0 Å². The Balaban J connectivity index is 2.38. The summed E-state index contributed by atoms with van der Waals surface area (Å²) in [4.78, 5) is 10.6. The van der Waals surface area contributed by atoms with E-state index in [1.807, 2.05) is 6.92 Å². The van der Waals surface area contributed by atoms with Crippen molar-refractivity contribution in [1.82, 2.24) is 5.32 Å². The molecule has 1 aliphatic carbocycles. The molecule has 0 unspecified atom stereocenters. The second kappa shape index (κ2) is 5.95. The second-order valence-corrected chi connectivity index (χ2v) is 4.65. The van der Waals surface area contributed by atoms with Gasteiger partial charge in [0.25, 0.3) is 0 Å². The molecule has 0 aromatic rings. The molecule has 88 valence electrons. The van der Waals surface area contributed by atoms with Crippen LogP contribution in [-0.2, 0) is 0 Å². The van der Waals surface area contributed by atoms with Gasteiger partial charge in [-0.25, -0.2) is 4.79 Å². The summed E-state index contributed by atoms with van der Waals surface area (Å²) in [5.74, 6) is 0.654. The van der Waals surface area contributed by atoms with E-state index in [1.54, 1.807) is 0 Å². The minimum absolute atomic E-state index is 0.0920. The van der Waals surface area contributed by atoms with Gasteiger partial charge in [-0.05, 0) is 19.3 Å². The molecule has 0 aromatic carbocycles. The largest absolute Gasteiger partial charge is 0.465 e. The van der Waals surface area contributed by atoms with Gasteiger partial charge >= 0.3 is 6.09 Å². The average molecular weight is 214 g/mol. The van der Waals surface area contributed by atoms with Gasteiger partial charge in [-0.15, -0.1) is 0 Å². The van der Waals surface area contributed by atoms with E-state index < -0.39 is 6.09 Å². The maximum atomic E-state index is 10.6. The minimum Gasteiger partial charge on any atom is -0.465 e. The maximum absolute atomic E-state index is 10.6. The summed E-state index contributed by atoms with van der Waals surface area (Å²) >= 11 is 0. The number of rotatable bonds is 4. The van der Waals surface area contributed by atoms with Gasteiger partial charge in [0.1, 0.15) is 0 Å². The first-order chi connectivity index (χ1) is 7.09. The third kappa shape index (κ3) is 4.51. The summed E-state index contributed by atoms with van der Waals surface area (Å²) in [5, 5.41) is 11.2. The molecule has 4 heteroatoms. The van der Waals surface area contributed by atoms with E-state index >= 15 is 0 Å². The van der Waals surface area contributed by atoms with Crippen molar-refractivity contribution < 1.29 is 9.90 Å². The number of hydrogen-bond acceptors (Lipinski definition) is 2. The normalized spacial score (nSPS) is 22.0. The first kappa shape index (κ1) is 12.3. The monoisotopic (exact) mass is 214 g/mol. The van der Waals surface area contributed by atoms with Crippen molar-refractivity contribution in [3.8, 4) is 0 Å². The van der Waals surface area contributed by atoms with Crippen LogP contribution in [-0.4, -0.2) is 23.3 Å². The molecular weight excluding hydrogens is 192 g/mol. The van der Waals surface area contributed by atoms with E-state index in [0.29, 0.717) is 5.92 Å². The average Bonchev–Trinajstić information content (AvgIpc) is 2.17. The van der Waals surface area contributed by atoms with E-state index in [4.69, 9.17) is 10.8 Å². The van der Waals surface area contributed by atoms with Crippen LogP contribution in [0, 0.1) is 5.92 Å². The lowest BCUT2D eigenvalue weighted by atomic mass is 9.83. The minimum atomic E-state index is -0.965. The summed E-state index contributed by atoms with van der Waals surface area (Å²) in [7, 11) is 0. The van der Waals surface area contributed by atoms with Crippen molar-refractivity contribution in [1.29, 1.82) is 0 Å². The summed E-state index contributed by atoms with van der Waals surface area (Å²) in [6.45, 7) is 1.86. The fourth-order valence-electron chi connectivity index (χ4n) is 2.35. The lowest BCUT2D eigenvalue weighted by Gasteiger charge is -2.28. The number of nitrogens with one attached hydrogen (secondary N) is 1. The molecule has 0 bridgehead atoms. The lowest BCUT2D eigenvalue weighted by Crippen LogP contribution is -2.46. The number of nitrogens with two attached hydrogens (primary N) is 1. The fourth-order valence-corrected chi connectivity index (χ4v) is 2.35. The van der Waals surface area contributed by atoms with Crippen molar-refractivity contribution in [2.45, 2.75) is 57.5 Å². The number of hydrogen-bond donors (Lipinski definition) is 3. The predicted octanol–water partition coefficient (Wildman–Crippen LogP) is 1.94. The molecule has 0 aliphatic heterocycles. The van der Waals surface area contributed by atoms with Gasteiger partial charge in [0, 0.05) is 12.1 Å². The Morgan fingerprint density at radius 1 is 1.47 bits per heavy atom. The molecule has 0 saturated heterocycles. The van der Waals surface area contributed by atoms with Crippen molar-refractivity contribution in [2.24, 2.45) is 11.7 Å². The smallest absolute Gasteiger partial charge is 0.404 e. The predicted molar refractivity (Wildman–Crippen MR) is 59.8 cm³/mol. The molecule has 15 heavy (non-hydrogen) atoms. The highest BCUT2D eigenvalue weighted by atomic mass is 16.4. The first-order valence-corrected chi connectivity index (χ1v) is 5.84. The number of amides is 1. The molecule has 1 fully saturated rings. The molecule has 4 nitrogen and oxygen atoms in total. The zero-order valence-electron chi connectivity index (χ0n) is 9.41. The van der Waals surface area contributed by atoms with E-state index in [9.17, 15) is 4.79 Å². The quantitative estimate of drug-likeness (QED) is 0.669. The summed E-state index contributed by atoms with van der Waals surface area (Å²) in [6.07, 6.45) is 6.27. The zero-order chi connectivity index (χ0) is 11.3. The SMILES string of the molecule is C[C@H](N)[C@H](CC1CCCCC1)NC(=O)O. The van der Waals surface area contributed by atoms with Crippen LogP contribution in [0.4, 0.5) is 4.79 Å². The van der Waals surface area contributed by atoms with Gasteiger partial charge in [0.2, 0.25) is 0 Å². The van der Waals surface area contributed by atoms with Crippen LogP contribution < -0.4 is 11.1 Å². The topological polar surface area (TPSA) is 75.3 Å². The zero-order valence-corrected chi connectivity index (χ0v) is 9.41. The third-order valence-corrected chi connectivity index (χ3v) is 3.26. The standard InChI is InChI=1S/C11H22N2O2/c1-8(12)10(13-11(14)15)7-9-5-3-2-4-6-9/h8-10,13H,2-7,12H2,1H3,(H,14,15)/t8-,10-/m0/s1. The molecule has 1 saturated carbocycles. The molecular formula is C11H22N2O2. The Bertz CT molecular complexity index is 201. The molecule has 0 spiro atoms. The molecule has 1 aliphatic rings. The number of carboxylic acid groups (broad SMARTS) is 1. The Kier molecular flexibility index (Phi) is 4.88. The highest BCUT2D eigenvalue weighted by molar-refractivity contribution is 5.64. The van der Waals surface area contributed by atoms with Gasteiger partial charge < -0.3 is 16.2 Å². The van der Waals surface area contributed by atoms with E-state index in [2.05, 4.69) is 5.32 Å². The fraction of sp³-hybridized carbons (Fsp3) is 0.909. The molecule has 2 atom stereocenters. The Morgan fingerprint density at radius 2 is 2.07 bits per heavy atom. The van der Waals surface area contributed by atoms with Crippen LogP contribution in [0.3, 0.4) is 0 Å². The molecule has 1 rings (SSSR count).